The van der Waals surface area contributed by atoms with Crippen molar-refractivity contribution in [1.29, 1.82) is 0 Å². The molecule has 8 heteroatoms. The maximum atomic E-state index is 12.0. The average Bonchev–Trinajstić information content (AvgIpc) is 2.56. The molecule has 2 amide bonds. The van der Waals surface area contributed by atoms with E-state index in [0.717, 1.165) is 0 Å². The van der Waals surface area contributed by atoms with Crippen LogP contribution < -0.4 is 10.6 Å². The predicted octanol–water partition coefficient (Wildman–Crippen LogP) is 3.36. The van der Waals surface area contributed by atoms with Crippen molar-refractivity contribution >= 4 is 52.4 Å². The van der Waals surface area contributed by atoms with Crippen molar-refractivity contribution < 1.29 is 19.1 Å². The van der Waals surface area contributed by atoms with Crippen molar-refractivity contribution in [1.82, 2.24) is 0 Å². The van der Waals surface area contributed by atoms with E-state index in [1.807, 2.05) is 0 Å². The molecular formula is C16H12Cl2N2O4. The molecule has 0 heterocycles. The zero-order valence-electron chi connectivity index (χ0n) is 12.4. The highest BCUT2D eigenvalue weighted by Gasteiger charge is 2.17. The lowest BCUT2D eigenvalue weighted by molar-refractivity contribution is -0.132. The molecule has 2 N–H and O–H groups in total. The fourth-order valence-corrected chi connectivity index (χ4v) is 2.15. The van der Waals surface area contributed by atoms with Crippen LogP contribution in [0.2, 0.25) is 10.0 Å². The van der Waals surface area contributed by atoms with Gasteiger partial charge in [0.15, 0.2) is 0 Å². The second-order valence-electron chi connectivity index (χ2n) is 4.60. The number of ether oxygens (including phenoxy) is 1. The summed E-state index contributed by atoms with van der Waals surface area (Å²) < 4.78 is 4.59. The highest BCUT2D eigenvalue weighted by molar-refractivity contribution is 6.45. The number of hydrogen-bond acceptors (Lipinski definition) is 4. The van der Waals surface area contributed by atoms with Crippen LogP contribution in [0.4, 0.5) is 11.4 Å². The topological polar surface area (TPSA) is 84.5 Å². The molecule has 0 unspecified atom stereocenters. The van der Waals surface area contributed by atoms with Crippen LogP contribution in [-0.4, -0.2) is 24.9 Å². The predicted molar refractivity (Wildman–Crippen MR) is 91.5 cm³/mol. The third-order valence-electron chi connectivity index (χ3n) is 2.92. The third kappa shape index (κ3) is 4.47. The molecule has 0 radical (unpaired) electrons. The molecule has 0 aliphatic carbocycles. The lowest BCUT2D eigenvalue weighted by Crippen LogP contribution is -2.29. The summed E-state index contributed by atoms with van der Waals surface area (Å²) in [5.41, 5.74) is 0.676. The van der Waals surface area contributed by atoms with Crippen molar-refractivity contribution in [3.8, 4) is 0 Å². The number of anilines is 2. The average molecular weight is 367 g/mol. The van der Waals surface area contributed by atoms with Crippen molar-refractivity contribution in [2.45, 2.75) is 0 Å². The minimum absolute atomic E-state index is 0.116. The van der Waals surface area contributed by atoms with Gasteiger partial charge in [0.25, 0.3) is 0 Å². The maximum absolute atomic E-state index is 12.0. The summed E-state index contributed by atoms with van der Waals surface area (Å²) in [7, 11) is 1.23. The Labute approximate surface area is 147 Å². The van der Waals surface area contributed by atoms with Gasteiger partial charge in [0.2, 0.25) is 0 Å². The minimum Gasteiger partial charge on any atom is -0.465 e. The zero-order valence-corrected chi connectivity index (χ0v) is 13.9. The largest absolute Gasteiger partial charge is 0.465 e. The Kier molecular flexibility index (Phi) is 5.78. The third-order valence-corrected chi connectivity index (χ3v) is 3.49. The summed E-state index contributed by atoms with van der Waals surface area (Å²) in [6, 6.07) is 10.5. The summed E-state index contributed by atoms with van der Waals surface area (Å²) in [6.45, 7) is 0. The van der Waals surface area contributed by atoms with Gasteiger partial charge in [-0.1, -0.05) is 29.3 Å². The molecule has 0 aromatic heterocycles. The van der Waals surface area contributed by atoms with Crippen LogP contribution in [-0.2, 0) is 14.3 Å². The van der Waals surface area contributed by atoms with E-state index < -0.39 is 17.8 Å². The number of amides is 2. The second-order valence-corrected chi connectivity index (χ2v) is 5.45. The number of halogens is 2. The first kappa shape index (κ1) is 17.8. The smallest absolute Gasteiger partial charge is 0.337 e. The van der Waals surface area contributed by atoms with Gasteiger partial charge in [-0.2, -0.15) is 0 Å². The SMILES string of the molecule is COC(=O)c1ccc(Cl)c(NC(=O)C(=O)Nc2cccc(Cl)c2)c1. The van der Waals surface area contributed by atoms with Crippen LogP contribution in [0.15, 0.2) is 42.5 Å². The summed E-state index contributed by atoms with van der Waals surface area (Å²) >= 11 is 11.8. The van der Waals surface area contributed by atoms with Crippen LogP contribution >= 0.6 is 23.2 Å². The first-order chi connectivity index (χ1) is 11.4. The zero-order chi connectivity index (χ0) is 17.7. The van der Waals surface area contributed by atoms with E-state index in [0.29, 0.717) is 10.7 Å². The molecular weight excluding hydrogens is 355 g/mol. The normalized spacial score (nSPS) is 9.96. The summed E-state index contributed by atoms with van der Waals surface area (Å²) in [5.74, 6) is -2.44. The molecule has 2 aromatic carbocycles. The molecule has 6 nitrogen and oxygen atoms in total. The fraction of sp³-hybridized carbons (Fsp3) is 0.0625. The molecule has 0 fully saturated rings. The molecule has 124 valence electrons. The molecule has 0 spiro atoms. The maximum Gasteiger partial charge on any atom is 0.337 e. The molecule has 2 rings (SSSR count). The van der Waals surface area contributed by atoms with Crippen LogP contribution in [0.3, 0.4) is 0 Å². The van der Waals surface area contributed by atoms with Crippen molar-refractivity contribution in [2.75, 3.05) is 17.7 Å². The molecule has 0 atom stereocenters. The van der Waals surface area contributed by atoms with E-state index in [2.05, 4.69) is 15.4 Å². The Morgan fingerprint density at radius 1 is 0.958 bits per heavy atom. The number of hydrogen-bond donors (Lipinski definition) is 2. The first-order valence-corrected chi connectivity index (χ1v) is 7.42. The minimum atomic E-state index is -0.945. The van der Waals surface area contributed by atoms with Gasteiger partial charge in [-0.25, -0.2) is 4.79 Å². The summed E-state index contributed by atoms with van der Waals surface area (Å²) in [5, 5.41) is 5.33. The quantitative estimate of drug-likeness (QED) is 0.644. The molecule has 0 saturated heterocycles. The summed E-state index contributed by atoms with van der Waals surface area (Å²) in [4.78, 5) is 35.4. The fourth-order valence-electron chi connectivity index (χ4n) is 1.80. The van der Waals surface area contributed by atoms with Gasteiger partial charge in [-0.3, -0.25) is 9.59 Å². The number of carbonyl (C=O) groups excluding carboxylic acids is 3. The van der Waals surface area contributed by atoms with E-state index in [9.17, 15) is 14.4 Å². The molecule has 24 heavy (non-hydrogen) atoms. The van der Waals surface area contributed by atoms with Gasteiger partial charge in [0, 0.05) is 10.7 Å². The number of benzene rings is 2. The van der Waals surface area contributed by atoms with Crippen LogP contribution in [0.5, 0.6) is 0 Å². The van der Waals surface area contributed by atoms with Gasteiger partial charge in [-0.15, -0.1) is 0 Å². The highest BCUT2D eigenvalue weighted by atomic mass is 35.5. The van der Waals surface area contributed by atoms with E-state index in [-0.39, 0.29) is 16.3 Å². The number of esters is 1. The number of carbonyl (C=O) groups is 3. The van der Waals surface area contributed by atoms with Crippen molar-refractivity contribution in [3.63, 3.8) is 0 Å². The Balaban J connectivity index is 2.11. The number of methoxy groups -OCH3 is 1. The van der Waals surface area contributed by atoms with Gasteiger partial charge in [0.1, 0.15) is 0 Å². The molecule has 0 aliphatic heterocycles. The number of nitrogens with one attached hydrogen (secondary N) is 2. The van der Waals surface area contributed by atoms with Gasteiger partial charge in [0.05, 0.1) is 23.4 Å². The van der Waals surface area contributed by atoms with Gasteiger partial charge in [-0.05, 0) is 36.4 Å². The van der Waals surface area contributed by atoms with Crippen molar-refractivity contribution in [2.24, 2.45) is 0 Å². The van der Waals surface area contributed by atoms with Gasteiger partial charge >= 0.3 is 17.8 Å². The molecule has 0 saturated carbocycles. The van der Waals surface area contributed by atoms with Crippen LogP contribution in [0.25, 0.3) is 0 Å². The lowest BCUT2D eigenvalue weighted by Gasteiger charge is -2.09. The Bertz CT molecular complexity index is 808. The molecule has 0 aliphatic rings. The Morgan fingerprint density at radius 3 is 2.33 bits per heavy atom. The molecule has 0 bridgehead atoms. The van der Waals surface area contributed by atoms with Crippen LogP contribution in [0, 0.1) is 0 Å². The lowest BCUT2D eigenvalue weighted by atomic mass is 10.2. The van der Waals surface area contributed by atoms with Crippen molar-refractivity contribution in [3.05, 3.63) is 58.1 Å². The second kappa shape index (κ2) is 7.81. The number of rotatable bonds is 3. The highest BCUT2D eigenvalue weighted by Crippen LogP contribution is 2.23. The van der Waals surface area contributed by atoms with E-state index in [1.165, 1.54) is 31.4 Å². The first-order valence-electron chi connectivity index (χ1n) is 6.66. The van der Waals surface area contributed by atoms with E-state index in [1.54, 1.807) is 18.2 Å². The summed E-state index contributed by atoms with van der Waals surface area (Å²) in [6.07, 6.45) is 0. The Hall–Kier alpha value is -2.57. The van der Waals surface area contributed by atoms with Crippen LogP contribution in [0.1, 0.15) is 10.4 Å². The van der Waals surface area contributed by atoms with E-state index in [4.69, 9.17) is 23.2 Å². The standard InChI is InChI=1S/C16H12Cl2N2O4/c1-24-16(23)9-5-6-12(18)13(7-9)20-15(22)14(21)19-11-4-2-3-10(17)8-11/h2-8H,1H3,(H,19,21)(H,20,22). The molecule has 2 aromatic rings. The Morgan fingerprint density at radius 2 is 1.67 bits per heavy atom. The monoisotopic (exact) mass is 366 g/mol. The van der Waals surface area contributed by atoms with Gasteiger partial charge < -0.3 is 15.4 Å². The van der Waals surface area contributed by atoms with E-state index >= 15 is 0 Å².